The summed E-state index contributed by atoms with van der Waals surface area (Å²) in [5.41, 5.74) is 1.35. The summed E-state index contributed by atoms with van der Waals surface area (Å²) in [6.45, 7) is 1.83. The second-order valence-electron chi connectivity index (χ2n) is 5.31. The number of aldehydes is 1. The van der Waals surface area contributed by atoms with Crippen LogP contribution in [-0.2, 0) is 9.63 Å². The summed E-state index contributed by atoms with van der Waals surface area (Å²) in [6, 6.07) is 20.1. The number of hydroxylamine groups is 1. The van der Waals surface area contributed by atoms with Crippen LogP contribution < -0.4 is 5.06 Å². The van der Waals surface area contributed by atoms with Crippen LogP contribution in [0, 0.1) is 0 Å². The van der Waals surface area contributed by atoms with Gasteiger partial charge in [-0.2, -0.15) is 0 Å². The van der Waals surface area contributed by atoms with Crippen LogP contribution >= 0.6 is 0 Å². The number of anilines is 1. The molecule has 2 aromatic rings. The van der Waals surface area contributed by atoms with Gasteiger partial charge in [-0.3, -0.25) is 4.84 Å². The highest BCUT2D eigenvalue weighted by Gasteiger charge is 2.43. The van der Waals surface area contributed by atoms with Crippen LogP contribution in [-0.4, -0.2) is 11.9 Å². The molecular formula is C17H17NO2. The summed E-state index contributed by atoms with van der Waals surface area (Å²) in [4.78, 5) is 17.2. The molecule has 1 aliphatic rings. The van der Waals surface area contributed by atoms with Crippen molar-refractivity contribution in [3.63, 3.8) is 0 Å². The maximum absolute atomic E-state index is 11.3. The van der Waals surface area contributed by atoms with Gasteiger partial charge in [0.2, 0.25) is 0 Å². The molecule has 3 rings (SSSR count). The van der Waals surface area contributed by atoms with E-state index in [4.69, 9.17) is 4.84 Å². The number of rotatable bonds is 3. The highest BCUT2D eigenvalue weighted by atomic mass is 16.7. The Morgan fingerprint density at radius 2 is 1.70 bits per heavy atom. The van der Waals surface area contributed by atoms with Gasteiger partial charge in [0, 0.05) is 6.42 Å². The Hall–Kier alpha value is -2.13. The summed E-state index contributed by atoms with van der Waals surface area (Å²) < 4.78 is 0. The van der Waals surface area contributed by atoms with Crippen molar-refractivity contribution in [2.45, 2.75) is 25.0 Å². The number of carbonyl (C=O) groups is 1. The third kappa shape index (κ3) is 2.32. The van der Waals surface area contributed by atoms with Gasteiger partial charge in [0.25, 0.3) is 0 Å². The molecule has 0 spiro atoms. The van der Waals surface area contributed by atoms with E-state index in [2.05, 4.69) is 12.1 Å². The van der Waals surface area contributed by atoms with E-state index in [9.17, 15) is 4.79 Å². The van der Waals surface area contributed by atoms with E-state index in [-0.39, 0.29) is 6.04 Å². The second kappa shape index (κ2) is 5.10. The SMILES string of the molecule is C[C@]1(C=O)C[C@H](c2ccccc2)N(c2ccccc2)O1. The van der Waals surface area contributed by atoms with Gasteiger partial charge in [-0.1, -0.05) is 48.5 Å². The normalized spacial score (nSPS) is 25.6. The molecular weight excluding hydrogens is 250 g/mol. The zero-order valence-corrected chi connectivity index (χ0v) is 11.4. The molecule has 0 unspecified atom stereocenters. The molecule has 0 bridgehead atoms. The minimum Gasteiger partial charge on any atom is -0.300 e. The van der Waals surface area contributed by atoms with Crippen molar-refractivity contribution < 1.29 is 9.63 Å². The van der Waals surface area contributed by atoms with Crippen LogP contribution in [0.4, 0.5) is 5.69 Å². The van der Waals surface area contributed by atoms with Crippen molar-refractivity contribution in [1.29, 1.82) is 0 Å². The van der Waals surface area contributed by atoms with Crippen molar-refractivity contribution in [3.05, 3.63) is 66.2 Å². The quantitative estimate of drug-likeness (QED) is 0.797. The predicted octanol–water partition coefficient (Wildman–Crippen LogP) is 3.53. The van der Waals surface area contributed by atoms with E-state index in [0.717, 1.165) is 17.5 Å². The number of hydrogen-bond donors (Lipinski definition) is 0. The third-order valence-electron chi connectivity index (χ3n) is 3.63. The summed E-state index contributed by atoms with van der Waals surface area (Å²) >= 11 is 0. The highest BCUT2D eigenvalue weighted by Crippen LogP contribution is 2.42. The van der Waals surface area contributed by atoms with Gasteiger partial charge in [0.1, 0.15) is 0 Å². The van der Waals surface area contributed by atoms with Crippen LogP contribution in [0.5, 0.6) is 0 Å². The van der Waals surface area contributed by atoms with Crippen molar-refractivity contribution in [2.75, 3.05) is 5.06 Å². The van der Waals surface area contributed by atoms with Gasteiger partial charge in [0.05, 0.1) is 11.7 Å². The second-order valence-corrected chi connectivity index (χ2v) is 5.31. The lowest BCUT2D eigenvalue weighted by Crippen LogP contribution is -2.28. The summed E-state index contributed by atoms with van der Waals surface area (Å²) in [6.07, 6.45) is 1.54. The first-order valence-electron chi connectivity index (χ1n) is 6.76. The van der Waals surface area contributed by atoms with Crippen LogP contribution in [0.2, 0.25) is 0 Å². The number of carbonyl (C=O) groups excluding carboxylic acids is 1. The fraction of sp³-hybridized carbons (Fsp3) is 0.235. The molecule has 0 aliphatic carbocycles. The standard InChI is InChI=1S/C17H17NO2/c1-17(13-19)12-16(14-8-4-2-5-9-14)18(20-17)15-10-6-3-7-11-15/h2-11,13,16H,12H2,1H3/t16-,17-/m1/s1. The molecule has 3 nitrogen and oxygen atoms in total. The first kappa shape index (κ1) is 12.9. The highest BCUT2D eigenvalue weighted by molar-refractivity contribution is 5.64. The van der Waals surface area contributed by atoms with Gasteiger partial charge in [0.15, 0.2) is 11.9 Å². The van der Waals surface area contributed by atoms with Crippen molar-refractivity contribution >= 4 is 12.0 Å². The lowest BCUT2D eigenvalue weighted by molar-refractivity contribution is -0.125. The lowest BCUT2D eigenvalue weighted by Gasteiger charge is -2.25. The van der Waals surface area contributed by atoms with Gasteiger partial charge in [-0.25, -0.2) is 5.06 Å². The van der Waals surface area contributed by atoms with Crippen LogP contribution in [0.25, 0.3) is 0 Å². The van der Waals surface area contributed by atoms with Crippen LogP contribution in [0.1, 0.15) is 24.9 Å². The first-order valence-corrected chi connectivity index (χ1v) is 6.76. The molecule has 102 valence electrons. The summed E-state index contributed by atoms with van der Waals surface area (Å²) in [7, 11) is 0. The average molecular weight is 267 g/mol. The van der Waals surface area contributed by atoms with E-state index in [1.54, 1.807) is 0 Å². The zero-order chi connectivity index (χ0) is 14.0. The molecule has 2 aromatic carbocycles. The fourth-order valence-corrected chi connectivity index (χ4v) is 2.60. The average Bonchev–Trinajstić information content (AvgIpc) is 2.88. The van der Waals surface area contributed by atoms with Crippen LogP contribution in [0.15, 0.2) is 60.7 Å². The Kier molecular flexibility index (Phi) is 3.28. The first-order chi connectivity index (χ1) is 9.72. The molecule has 1 fully saturated rings. The van der Waals surface area contributed by atoms with Crippen LogP contribution in [0.3, 0.4) is 0 Å². The van der Waals surface area contributed by atoms with Gasteiger partial charge in [-0.05, 0) is 24.6 Å². The smallest absolute Gasteiger partial charge is 0.154 e. The van der Waals surface area contributed by atoms with Crippen molar-refractivity contribution in [2.24, 2.45) is 0 Å². The van der Waals surface area contributed by atoms with Crippen molar-refractivity contribution in [1.82, 2.24) is 0 Å². The van der Waals surface area contributed by atoms with E-state index >= 15 is 0 Å². The summed E-state index contributed by atoms with van der Waals surface area (Å²) in [5, 5.41) is 1.85. The molecule has 0 saturated carbocycles. The molecule has 3 heteroatoms. The topological polar surface area (TPSA) is 29.5 Å². The maximum atomic E-state index is 11.3. The zero-order valence-electron chi connectivity index (χ0n) is 11.4. The monoisotopic (exact) mass is 267 g/mol. The Balaban J connectivity index is 1.99. The minimum atomic E-state index is -0.768. The molecule has 0 aromatic heterocycles. The number of nitrogens with zero attached hydrogens (tertiary/aromatic N) is 1. The van der Waals surface area contributed by atoms with E-state index < -0.39 is 5.60 Å². The summed E-state index contributed by atoms with van der Waals surface area (Å²) in [5.74, 6) is 0. The van der Waals surface area contributed by atoms with Gasteiger partial charge >= 0.3 is 0 Å². The molecule has 1 heterocycles. The minimum absolute atomic E-state index is 0.0498. The predicted molar refractivity (Wildman–Crippen MR) is 78.3 cm³/mol. The van der Waals surface area contributed by atoms with E-state index in [0.29, 0.717) is 6.42 Å². The molecule has 2 atom stereocenters. The van der Waals surface area contributed by atoms with Gasteiger partial charge in [-0.15, -0.1) is 0 Å². The largest absolute Gasteiger partial charge is 0.300 e. The maximum Gasteiger partial charge on any atom is 0.154 e. The fourth-order valence-electron chi connectivity index (χ4n) is 2.60. The number of benzene rings is 2. The Morgan fingerprint density at radius 3 is 2.30 bits per heavy atom. The molecule has 0 N–H and O–H groups in total. The number of hydrogen-bond acceptors (Lipinski definition) is 3. The van der Waals surface area contributed by atoms with E-state index in [1.165, 1.54) is 0 Å². The number of para-hydroxylation sites is 1. The Bertz CT molecular complexity index is 535. The molecule has 20 heavy (non-hydrogen) atoms. The lowest BCUT2D eigenvalue weighted by atomic mass is 9.95. The van der Waals surface area contributed by atoms with Crippen molar-refractivity contribution in [3.8, 4) is 0 Å². The Morgan fingerprint density at radius 1 is 1.10 bits per heavy atom. The molecule has 1 saturated heterocycles. The molecule has 0 amide bonds. The third-order valence-corrected chi connectivity index (χ3v) is 3.63. The van der Waals surface area contributed by atoms with Gasteiger partial charge < -0.3 is 4.79 Å². The molecule has 1 aliphatic heterocycles. The molecule has 0 radical (unpaired) electrons. The Labute approximate surface area is 118 Å². The van der Waals surface area contributed by atoms with E-state index in [1.807, 2.05) is 60.5 Å².